The van der Waals surface area contributed by atoms with Crippen molar-refractivity contribution >= 4 is 11.0 Å². The van der Waals surface area contributed by atoms with Gasteiger partial charge in [-0.15, -0.1) is 0 Å². The molecule has 0 aliphatic rings. The summed E-state index contributed by atoms with van der Waals surface area (Å²) in [6, 6.07) is 18.7. The Labute approximate surface area is 203 Å². The maximum absolute atomic E-state index is 13.0. The van der Waals surface area contributed by atoms with E-state index in [1.165, 1.54) is 24.3 Å². The zero-order valence-corrected chi connectivity index (χ0v) is 19.3. The van der Waals surface area contributed by atoms with Gasteiger partial charge in [0.25, 0.3) is 0 Å². The highest BCUT2D eigenvalue weighted by Crippen LogP contribution is 2.36. The van der Waals surface area contributed by atoms with E-state index in [9.17, 15) is 27.1 Å². The topological polar surface area (TPSA) is 58.1 Å². The maximum Gasteiger partial charge on any atom is 0.456 e. The van der Waals surface area contributed by atoms with E-state index >= 15 is 0 Å². The van der Waals surface area contributed by atoms with Crippen molar-refractivity contribution in [3.05, 3.63) is 83.7 Å². The van der Waals surface area contributed by atoms with Gasteiger partial charge in [0, 0.05) is 5.56 Å². The molecule has 0 saturated heterocycles. The van der Waals surface area contributed by atoms with E-state index in [0.717, 1.165) is 22.2 Å². The van der Waals surface area contributed by atoms with Crippen LogP contribution in [0.5, 0.6) is 5.75 Å². The van der Waals surface area contributed by atoms with Gasteiger partial charge in [-0.2, -0.15) is 22.0 Å². The van der Waals surface area contributed by atoms with E-state index in [1.807, 2.05) is 42.5 Å². The number of nitrogens with one attached hydrogen (secondary N) is 1. The van der Waals surface area contributed by atoms with Gasteiger partial charge in [-0.25, -0.2) is 4.98 Å². The van der Waals surface area contributed by atoms with E-state index in [2.05, 4.69) is 26.5 Å². The summed E-state index contributed by atoms with van der Waals surface area (Å²) in [6.07, 6.45) is -5.68. The average molecular weight is 500 g/mol. The first-order valence-corrected chi connectivity index (χ1v) is 10.8. The van der Waals surface area contributed by atoms with Crippen LogP contribution < -0.4 is 4.74 Å². The lowest BCUT2D eigenvalue weighted by atomic mass is 9.89. The zero-order chi connectivity index (χ0) is 26.1. The van der Waals surface area contributed by atoms with Crippen LogP contribution in [0.25, 0.3) is 22.2 Å². The van der Waals surface area contributed by atoms with Crippen molar-refractivity contribution in [2.45, 2.75) is 31.5 Å². The molecule has 0 aliphatic heterocycles. The summed E-state index contributed by atoms with van der Waals surface area (Å²) in [4.78, 5) is 7.60. The number of ether oxygens (including phenoxy) is 1. The fourth-order valence-corrected chi connectivity index (χ4v) is 3.52. The SMILES string of the molecule is CC(C)(O)c1ccccc1-c1ccc2[nH]c(C#Cc3ccc(OCC(F)(F)C(F)(F)F)cc3)nc2c1. The smallest absolute Gasteiger partial charge is 0.456 e. The maximum atomic E-state index is 13.0. The Kier molecular flexibility index (Phi) is 6.50. The van der Waals surface area contributed by atoms with Crippen LogP contribution in [0.3, 0.4) is 0 Å². The van der Waals surface area contributed by atoms with Crippen molar-refractivity contribution in [3.8, 4) is 28.7 Å². The van der Waals surface area contributed by atoms with Gasteiger partial charge in [0.15, 0.2) is 12.4 Å². The quantitative estimate of drug-likeness (QED) is 0.245. The number of H-pyrrole nitrogens is 1. The molecule has 1 heterocycles. The van der Waals surface area contributed by atoms with Gasteiger partial charge >= 0.3 is 12.1 Å². The molecular formula is C27H21F5N2O2. The normalized spacial score (nSPS) is 12.3. The van der Waals surface area contributed by atoms with Crippen LogP contribution >= 0.6 is 0 Å². The summed E-state index contributed by atoms with van der Waals surface area (Å²) in [5.41, 5.74) is 3.47. The lowest BCUT2D eigenvalue weighted by Crippen LogP contribution is -2.41. The van der Waals surface area contributed by atoms with E-state index < -0.39 is 24.3 Å². The minimum atomic E-state index is -5.68. The molecule has 4 rings (SSSR count). The average Bonchev–Trinajstić information content (AvgIpc) is 3.23. The van der Waals surface area contributed by atoms with Crippen molar-refractivity contribution in [2.24, 2.45) is 0 Å². The molecule has 186 valence electrons. The number of fused-ring (bicyclic) bond motifs is 1. The van der Waals surface area contributed by atoms with Gasteiger partial charge in [-0.05, 0) is 72.9 Å². The monoisotopic (exact) mass is 500 g/mol. The molecule has 0 atom stereocenters. The Hall–Kier alpha value is -3.90. The lowest BCUT2D eigenvalue weighted by Gasteiger charge is -2.21. The molecule has 4 aromatic rings. The van der Waals surface area contributed by atoms with Crippen LogP contribution in [0.4, 0.5) is 22.0 Å². The first-order valence-electron chi connectivity index (χ1n) is 10.8. The largest absolute Gasteiger partial charge is 0.487 e. The van der Waals surface area contributed by atoms with Gasteiger partial charge in [0.05, 0.1) is 16.6 Å². The highest BCUT2D eigenvalue weighted by molar-refractivity contribution is 5.83. The van der Waals surface area contributed by atoms with Crippen LogP contribution in [-0.4, -0.2) is 33.8 Å². The van der Waals surface area contributed by atoms with Crippen LogP contribution in [0.2, 0.25) is 0 Å². The molecule has 4 nitrogen and oxygen atoms in total. The summed E-state index contributed by atoms with van der Waals surface area (Å²) < 4.78 is 67.3. The zero-order valence-electron chi connectivity index (χ0n) is 19.3. The molecule has 0 fully saturated rings. The standard InChI is InChI=1S/C27H21F5N2O2/c1-25(2,35)21-6-4-3-5-20(21)18-10-13-22-23(15-18)34-24(33-22)14-9-17-7-11-19(12-8-17)36-16-26(28,29)27(30,31)32/h3-8,10-13,15,35H,16H2,1-2H3,(H,33,34). The van der Waals surface area contributed by atoms with E-state index in [-0.39, 0.29) is 5.75 Å². The molecule has 0 bridgehead atoms. The Morgan fingerprint density at radius 1 is 0.917 bits per heavy atom. The number of hydrogen-bond donors (Lipinski definition) is 2. The molecule has 36 heavy (non-hydrogen) atoms. The number of hydrogen-bond acceptors (Lipinski definition) is 3. The molecule has 2 N–H and O–H groups in total. The second-order valence-electron chi connectivity index (χ2n) is 8.69. The number of imidazole rings is 1. The Morgan fingerprint density at radius 2 is 1.61 bits per heavy atom. The van der Waals surface area contributed by atoms with Crippen molar-refractivity contribution < 1.29 is 31.8 Å². The number of halogens is 5. The summed E-state index contributed by atoms with van der Waals surface area (Å²) >= 11 is 0. The molecule has 0 unspecified atom stereocenters. The van der Waals surface area contributed by atoms with Crippen molar-refractivity contribution in [2.75, 3.05) is 6.61 Å². The van der Waals surface area contributed by atoms with Gasteiger partial charge in [0.1, 0.15) is 5.75 Å². The van der Waals surface area contributed by atoms with E-state index in [0.29, 0.717) is 16.9 Å². The molecule has 1 aromatic heterocycles. The van der Waals surface area contributed by atoms with Crippen LogP contribution in [0.15, 0.2) is 66.7 Å². The second kappa shape index (κ2) is 9.28. The molecule has 0 amide bonds. The Balaban J connectivity index is 1.51. The van der Waals surface area contributed by atoms with E-state index in [4.69, 9.17) is 0 Å². The van der Waals surface area contributed by atoms with Crippen molar-refractivity contribution in [3.63, 3.8) is 0 Å². The predicted octanol–water partition coefficient (Wildman–Crippen LogP) is 6.43. The van der Waals surface area contributed by atoms with Crippen molar-refractivity contribution in [1.82, 2.24) is 9.97 Å². The number of aliphatic hydroxyl groups is 1. The third kappa shape index (κ3) is 5.50. The van der Waals surface area contributed by atoms with E-state index in [1.54, 1.807) is 13.8 Å². The number of alkyl halides is 5. The number of nitrogens with zero attached hydrogens (tertiary/aromatic N) is 1. The summed E-state index contributed by atoms with van der Waals surface area (Å²) in [5.74, 6) is 1.05. The van der Waals surface area contributed by atoms with Crippen molar-refractivity contribution in [1.29, 1.82) is 0 Å². The molecule has 9 heteroatoms. The van der Waals surface area contributed by atoms with Gasteiger partial charge in [0.2, 0.25) is 0 Å². The minimum Gasteiger partial charge on any atom is -0.487 e. The molecule has 0 spiro atoms. The lowest BCUT2D eigenvalue weighted by molar-refractivity contribution is -0.290. The van der Waals surface area contributed by atoms with Crippen LogP contribution in [-0.2, 0) is 5.60 Å². The number of aromatic nitrogens is 2. The van der Waals surface area contributed by atoms with Crippen LogP contribution in [0, 0.1) is 11.8 Å². The molecule has 0 saturated carbocycles. The molecular weight excluding hydrogens is 479 g/mol. The fourth-order valence-electron chi connectivity index (χ4n) is 3.52. The fraction of sp³-hybridized carbons (Fsp3) is 0.222. The molecule has 0 aliphatic carbocycles. The number of aromatic amines is 1. The van der Waals surface area contributed by atoms with Gasteiger partial charge < -0.3 is 14.8 Å². The Morgan fingerprint density at radius 3 is 2.28 bits per heavy atom. The highest BCUT2D eigenvalue weighted by Gasteiger charge is 2.58. The first kappa shape index (κ1) is 25.2. The summed E-state index contributed by atoms with van der Waals surface area (Å²) in [7, 11) is 0. The van der Waals surface area contributed by atoms with Crippen LogP contribution in [0.1, 0.15) is 30.8 Å². The summed E-state index contributed by atoms with van der Waals surface area (Å²) in [5, 5.41) is 10.5. The second-order valence-corrected chi connectivity index (χ2v) is 8.69. The third-order valence-electron chi connectivity index (χ3n) is 5.39. The number of rotatable bonds is 5. The minimum absolute atomic E-state index is 0.132. The van der Waals surface area contributed by atoms with Gasteiger partial charge in [-0.1, -0.05) is 36.3 Å². The first-order chi connectivity index (χ1) is 16.8. The predicted molar refractivity (Wildman–Crippen MR) is 126 cm³/mol. The highest BCUT2D eigenvalue weighted by atomic mass is 19.4. The Bertz CT molecular complexity index is 1440. The molecule has 0 radical (unpaired) electrons. The van der Waals surface area contributed by atoms with Gasteiger partial charge in [-0.3, -0.25) is 0 Å². The third-order valence-corrected chi connectivity index (χ3v) is 5.39. The molecule has 3 aromatic carbocycles. The summed E-state index contributed by atoms with van der Waals surface area (Å²) in [6.45, 7) is 1.65. The number of benzene rings is 3.